The minimum atomic E-state index is -4.11. The summed E-state index contributed by atoms with van der Waals surface area (Å²) in [5.74, 6) is 0.00326. The molecule has 0 aliphatic heterocycles. The quantitative estimate of drug-likeness (QED) is 0.534. The highest BCUT2D eigenvalue weighted by molar-refractivity contribution is 7.89. The van der Waals surface area contributed by atoms with Gasteiger partial charge in [-0.05, 0) is 48.0 Å². The summed E-state index contributed by atoms with van der Waals surface area (Å²) in [6.07, 6.45) is 0. The van der Waals surface area contributed by atoms with E-state index < -0.39 is 21.3 Å². The molecule has 0 radical (unpaired) electrons. The molecule has 2 N–H and O–H groups in total. The third-order valence-corrected chi connectivity index (χ3v) is 5.64. The molecule has 0 saturated heterocycles. The van der Waals surface area contributed by atoms with Crippen LogP contribution in [0.3, 0.4) is 0 Å². The van der Waals surface area contributed by atoms with Crippen LogP contribution in [0, 0.1) is 5.82 Å². The average Bonchev–Trinajstić information content (AvgIpc) is 2.73. The van der Waals surface area contributed by atoms with E-state index in [1.165, 1.54) is 55.6 Å². The molecule has 0 unspecified atom stereocenters. The molecule has 0 saturated carbocycles. The summed E-state index contributed by atoms with van der Waals surface area (Å²) in [7, 11) is -2.63. The van der Waals surface area contributed by atoms with Gasteiger partial charge in [-0.15, -0.1) is 0 Å². The van der Waals surface area contributed by atoms with Gasteiger partial charge in [-0.1, -0.05) is 24.3 Å². The first kappa shape index (κ1) is 19.8. The fourth-order valence-corrected chi connectivity index (χ4v) is 4.01. The number of hydrogen-bond donors (Lipinski definition) is 1. The number of rotatable bonds is 4. The van der Waals surface area contributed by atoms with Gasteiger partial charge in [0.05, 0.1) is 23.0 Å². The van der Waals surface area contributed by atoms with Crippen LogP contribution in [0.15, 0.2) is 80.8 Å². The van der Waals surface area contributed by atoms with E-state index in [1.807, 2.05) is 0 Å². The highest BCUT2D eigenvalue weighted by Gasteiger charge is 2.23. The maximum Gasteiger partial charge on any atom is 0.238 e. The zero-order valence-corrected chi connectivity index (χ0v) is 16.6. The van der Waals surface area contributed by atoms with E-state index in [0.29, 0.717) is 11.3 Å². The Morgan fingerprint density at radius 1 is 1.00 bits per heavy atom. The number of primary sulfonamides is 1. The smallest absolute Gasteiger partial charge is 0.238 e. The van der Waals surface area contributed by atoms with Gasteiger partial charge in [-0.2, -0.15) is 0 Å². The normalized spacial score (nSPS) is 11.6. The summed E-state index contributed by atoms with van der Waals surface area (Å²) < 4.78 is 49.0. The molecule has 0 aliphatic carbocycles. The van der Waals surface area contributed by atoms with Gasteiger partial charge in [-0.3, -0.25) is 4.79 Å². The summed E-state index contributed by atoms with van der Waals surface area (Å²) in [5, 5.41) is 5.62. The van der Waals surface area contributed by atoms with Crippen LogP contribution in [0.2, 0.25) is 0 Å². The highest BCUT2D eigenvalue weighted by Crippen LogP contribution is 2.36. The molecule has 6 nitrogen and oxygen atoms in total. The molecule has 0 bridgehead atoms. The van der Waals surface area contributed by atoms with Crippen LogP contribution in [0.25, 0.3) is 33.4 Å². The summed E-state index contributed by atoms with van der Waals surface area (Å²) in [4.78, 5) is 13.3. The van der Waals surface area contributed by atoms with Crippen LogP contribution < -0.4 is 15.3 Å². The Labute approximate surface area is 171 Å². The fourth-order valence-electron chi connectivity index (χ4n) is 3.27. The van der Waals surface area contributed by atoms with Crippen LogP contribution >= 0.6 is 0 Å². The van der Waals surface area contributed by atoms with Gasteiger partial charge in [0, 0.05) is 5.56 Å². The Morgan fingerprint density at radius 3 is 2.37 bits per heavy atom. The van der Waals surface area contributed by atoms with Crippen molar-refractivity contribution in [1.82, 2.24) is 0 Å². The lowest BCUT2D eigenvalue weighted by Crippen LogP contribution is -2.14. The Hall–Kier alpha value is -3.49. The minimum Gasteiger partial charge on any atom is -0.497 e. The number of ether oxygens (including phenoxy) is 1. The molecule has 4 rings (SSSR count). The van der Waals surface area contributed by atoms with Crippen molar-refractivity contribution in [2.45, 2.75) is 4.90 Å². The van der Waals surface area contributed by atoms with Crippen molar-refractivity contribution in [3.8, 4) is 28.2 Å². The van der Waals surface area contributed by atoms with E-state index in [2.05, 4.69) is 0 Å². The molecule has 1 heterocycles. The third kappa shape index (κ3) is 3.47. The standard InChI is InChI=1S/C22H16FNO5S/c1-28-15-10-11-18-17(12-15)21(25)20(13-6-8-14(23)9-7-13)22(29-18)16-4-2-3-5-19(16)30(24,26)27/h2-12H,1H3,(H2,24,26,27). The first-order chi connectivity index (χ1) is 14.3. The molecule has 1 aromatic heterocycles. The molecule has 4 aromatic rings. The van der Waals surface area contributed by atoms with Crippen LogP contribution in [0.4, 0.5) is 4.39 Å². The number of sulfonamides is 1. The van der Waals surface area contributed by atoms with Gasteiger partial charge >= 0.3 is 0 Å². The lowest BCUT2D eigenvalue weighted by molar-refractivity contribution is 0.415. The van der Waals surface area contributed by atoms with Crippen LogP contribution in [0.5, 0.6) is 5.75 Å². The van der Waals surface area contributed by atoms with Gasteiger partial charge in [0.25, 0.3) is 0 Å². The molecule has 3 aromatic carbocycles. The van der Waals surface area contributed by atoms with Crippen LogP contribution in [-0.4, -0.2) is 15.5 Å². The van der Waals surface area contributed by atoms with Crippen molar-refractivity contribution in [1.29, 1.82) is 0 Å². The largest absolute Gasteiger partial charge is 0.497 e. The maximum absolute atomic E-state index is 13.5. The second-order valence-corrected chi connectivity index (χ2v) is 8.08. The number of halogens is 1. The second-order valence-electron chi connectivity index (χ2n) is 6.55. The van der Waals surface area contributed by atoms with E-state index in [9.17, 15) is 17.6 Å². The van der Waals surface area contributed by atoms with Crippen molar-refractivity contribution in [2.75, 3.05) is 7.11 Å². The molecular formula is C22H16FNO5S. The Kier molecular flexibility index (Phi) is 4.89. The number of benzene rings is 3. The molecule has 0 fully saturated rings. The van der Waals surface area contributed by atoms with Gasteiger partial charge in [-0.25, -0.2) is 17.9 Å². The zero-order valence-electron chi connectivity index (χ0n) is 15.8. The molecule has 0 aliphatic rings. The first-order valence-corrected chi connectivity index (χ1v) is 10.4. The molecular weight excluding hydrogens is 409 g/mol. The van der Waals surface area contributed by atoms with Crippen molar-refractivity contribution in [3.05, 3.63) is 82.8 Å². The van der Waals surface area contributed by atoms with Gasteiger partial charge in [0.15, 0.2) is 0 Å². The van der Waals surface area contributed by atoms with E-state index in [-0.39, 0.29) is 32.8 Å². The number of hydrogen-bond acceptors (Lipinski definition) is 5. The van der Waals surface area contributed by atoms with Crippen LogP contribution in [-0.2, 0) is 10.0 Å². The predicted molar refractivity (Wildman–Crippen MR) is 111 cm³/mol. The number of methoxy groups -OCH3 is 1. The van der Waals surface area contributed by atoms with E-state index >= 15 is 0 Å². The Morgan fingerprint density at radius 2 is 1.70 bits per heavy atom. The van der Waals surface area contributed by atoms with Gasteiger partial charge < -0.3 is 9.15 Å². The third-order valence-electron chi connectivity index (χ3n) is 4.67. The second kappa shape index (κ2) is 7.40. The topological polar surface area (TPSA) is 99.6 Å². The SMILES string of the molecule is COc1ccc2oc(-c3ccccc3S(N)(=O)=O)c(-c3ccc(F)cc3)c(=O)c2c1. The van der Waals surface area contributed by atoms with Crippen molar-refractivity contribution < 1.29 is 22.0 Å². The molecule has 0 amide bonds. The molecule has 30 heavy (non-hydrogen) atoms. The van der Waals surface area contributed by atoms with Crippen molar-refractivity contribution in [2.24, 2.45) is 5.14 Å². The van der Waals surface area contributed by atoms with E-state index in [0.717, 1.165) is 0 Å². The summed E-state index contributed by atoms with van der Waals surface area (Å²) in [6.45, 7) is 0. The Bertz CT molecular complexity index is 1430. The van der Waals surface area contributed by atoms with Gasteiger partial charge in [0.2, 0.25) is 15.5 Å². The summed E-state index contributed by atoms with van der Waals surface area (Å²) >= 11 is 0. The number of fused-ring (bicyclic) bond motifs is 1. The number of nitrogens with two attached hydrogens (primary N) is 1. The molecule has 8 heteroatoms. The fraction of sp³-hybridized carbons (Fsp3) is 0.0455. The molecule has 0 atom stereocenters. The van der Waals surface area contributed by atoms with E-state index in [1.54, 1.807) is 18.2 Å². The average molecular weight is 425 g/mol. The molecule has 152 valence electrons. The van der Waals surface area contributed by atoms with Crippen molar-refractivity contribution >= 4 is 21.0 Å². The minimum absolute atomic E-state index is 0.0221. The van der Waals surface area contributed by atoms with Crippen LogP contribution in [0.1, 0.15) is 0 Å². The Balaban J connectivity index is 2.16. The monoisotopic (exact) mass is 425 g/mol. The lowest BCUT2D eigenvalue weighted by Gasteiger charge is -2.13. The summed E-state index contributed by atoms with van der Waals surface area (Å²) in [5.41, 5.74) is 0.418. The van der Waals surface area contributed by atoms with E-state index in [4.69, 9.17) is 14.3 Å². The lowest BCUT2D eigenvalue weighted by atomic mass is 9.98. The first-order valence-electron chi connectivity index (χ1n) is 8.82. The zero-order chi connectivity index (χ0) is 21.5. The maximum atomic E-state index is 13.5. The summed E-state index contributed by atoms with van der Waals surface area (Å²) in [6, 6.07) is 15.9. The molecule has 0 spiro atoms. The predicted octanol–water partition coefficient (Wildman–Crippen LogP) is 3.92. The van der Waals surface area contributed by atoms with Gasteiger partial charge in [0.1, 0.15) is 22.9 Å². The van der Waals surface area contributed by atoms with Crippen molar-refractivity contribution in [3.63, 3.8) is 0 Å². The highest BCUT2D eigenvalue weighted by atomic mass is 32.2.